The molecule has 2 aromatic heterocycles. The molecule has 0 bridgehead atoms. The summed E-state index contributed by atoms with van der Waals surface area (Å²) in [4.78, 5) is 11.1. The SMILES string of the molecule is Cc1ccc(-c2nc(CN3C[C@@H]4OCC(Nc5ccccn5)CO[C@H]4C3)no2)cc1. The fraction of sp³-hybridized carbons (Fsp3) is 0.409. The predicted molar refractivity (Wildman–Crippen MR) is 111 cm³/mol. The lowest BCUT2D eigenvalue weighted by atomic mass is 10.1. The van der Waals surface area contributed by atoms with E-state index in [1.54, 1.807) is 6.20 Å². The molecule has 8 nitrogen and oxygen atoms in total. The molecule has 0 unspecified atom stereocenters. The van der Waals surface area contributed by atoms with Crippen molar-refractivity contribution in [1.29, 1.82) is 0 Å². The van der Waals surface area contributed by atoms with Crippen molar-refractivity contribution in [2.45, 2.75) is 31.7 Å². The number of hydrogen-bond acceptors (Lipinski definition) is 8. The topological polar surface area (TPSA) is 85.5 Å². The Hall–Kier alpha value is -2.81. The second kappa shape index (κ2) is 8.51. The number of nitrogens with zero attached hydrogens (tertiary/aromatic N) is 4. The van der Waals surface area contributed by atoms with Gasteiger partial charge in [-0.05, 0) is 31.2 Å². The van der Waals surface area contributed by atoms with Crippen LogP contribution in [-0.2, 0) is 16.0 Å². The number of pyridine rings is 1. The molecule has 2 fully saturated rings. The molecule has 30 heavy (non-hydrogen) atoms. The number of likely N-dealkylation sites (tertiary alicyclic amines) is 1. The molecule has 2 atom stereocenters. The first kappa shape index (κ1) is 19.2. The quantitative estimate of drug-likeness (QED) is 0.691. The number of nitrogens with one attached hydrogen (secondary N) is 1. The van der Waals surface area contributed by atoms with Gasteiger partial charge in [0.05, 0.1) is 38.0 Å². The lowest BCUT2D eigenvalue weighted by Gasteiger charge is -2.18. The zero-order valence-corrected chi connectivity index (χ0v) is 16.9. The minimum Gasteiger partial charge on any atom is -0.372 e. The molecule has 4 heterocycles. The van der Waals surface area contributed by atoms with E-state index in [9.17, 15) is 0 Å². The Morgan fingerprint density at radius 1 is 1.03 bits per heavy atom. The number of aromatic nitrogens is 3. The average Bonchev–Trinajstić information content (AvgIpc) is 3.34. The second-order valence-corrected chi connectivity index (χ2v) is 7.88. The fourth-order valence-electron chi connectivity index (χ4n) is 3.87. The van der Waals surface area contributed by atoms with E-state index in [2.05, 4.69) is 32.3 Å². The fourth-order valence-corrected chi connectivity index (χ4v) is 3.87. The maximum atomic E-state index is 6.14. The minimum atomic E-state index is 0.0454. The van der Waals surface area contributed by atoms with E-state index in [4.69, 9.17) is 14.0 Å². The van der Waals surface area contributed by atoms with Gasteiger partial charge in [-0.25, -0.2) is 4.98 Å². The number of aryl methyl sites for hydroxylation is 1. The van der Waals surface area contributed by atoms with Crippen LogP contribution in [0.1, 0.15) is 11.4 Å². The van der Waals surface area contributed by atoms with Crippen LogP contribution in [0.2, 0.25) is 0 Å². The minimum absolute atomic E-state index is 0.0454. The zero-order chi connectivity index (χ0) is 20.3. The molecule has 2 saturated heterocycles. The van der Waals surface area contributed by atoms with Crippen molar-refractivity contribution >= 4 is 5.82 Å². The van der Waals surface area contributed by atoms with Gasteiger partial charge in [-0.1, -0.05) is 28.9 Å². The first-order chi connectivity index (χ1) is 14.7. The van der Waals surface area contributed by atoms with Crippen LogP contribution in [0.3, 0.4) is 0 Å². The van der Waals surface area contributed by atoms with Crippen LogP contribution in [0.5, 0.6) is 0 Å². The molecular formula is C22H25N5O3. The highest BCUT2D eigenvalue weighted by atomic mass is 16.6. The predicted octanol–water partition coefficient (Wildman–Crippen LogP) is 2.52. The molecule has 2 aliphatic heterocycles. The van der Waals surface area contributed by atoms with Crippen molar-refractivity contribution in [2.75, 3.05) is 31.6 Å². The van der Waals surface area contributed by atoms with Crippen LogP contribution >= 0.6 is 0 Å². The van der Waals surface area contributed by atoms with Gasteiger partial charge in [0.2, 0.25) is 0 Å². The van der Waals surface area contributed by atoms with Crippen molar-refractivity contribution in [2.24, 2.45) is 0 Å². The van der Waals surface area contributed by atoms with Crippen molar-refractivity contribution < 1.29 is 14.0 Å². The third-order valence-corrected chi connectivity index (χ3v) is 5.46. The summed E-state index contributed by atoms with van der Waals surface area (Å²) in [6.07, 6.45) is 1.86. The van der Waals surface area contributed by atoms with Crippen LogP contribution in [0, 0.1) is 6.92 Å². The van der Waals surface area contributed by atoms with E-state index in [0.29, 0.717) is 31.5 Å². The molecule has 5 rings (SSSR count). The van der Waals surface area contributed by atoms with Gasteiger partial charge in [0.15, 0.2) is 5.82 Å². The largest absolute Gasteiger partial charge is 0.372 e. The Labute approximate surface area is 175 Å². The van der Waals surface area contributed by atoms with Crippen molar-refractivity contribution in [3.8, 4) is 11.5 Å². The Balaban J connectivity index is 1.15. The van der Waals surface area contributed by atoms with E-state index in [-0.39, 0.29) is 18.2 Å². The number of fused-ring (bicyclic) bond motifs is 1. The molecular weight excluding hydrogens is 382 g/mol. The number of benzene rings is 1. The van der Waals surface area contributed by atoms with Gasteiger partial charge >= 0.3 is 0 Å². The number of hydrogen-bond donors (Lipinski definition) is 1. The van der Waals surface area contributed by atoms with E-state index >= 15 is 0 Å². The van der Waals surface area contributed by atoms with Crippen LogP contribution < -0.4 is 5.32 Å². The molecule has 0 amide bonds. The Morgan fingerprint density at radius 3 is 2.50 bits per heavy atom. The molecule has 2 aliphatic rings. The highest BCUT2D eigenvalue weighted by Gasteiger charge is 2.37. The zero-order valence-electron chi connectivity index (χ0n) is 16.9. The number of rotatable bonds is 5. The van der Waals surface area contributed by atoms with Crippen LogP contribution in [0.4, 0.5) is 5.82 Å². The molecule has 1 N–H and O–H groups in total. The highest BCUT2D eigenvalue weighted by molar-refractivity contribution is 5.53. The van der Waals surface area contributed by atoms with Gasteiger partial charge in [-0.2, -0.15) is 4.98 Å². The Morgan fingerprint density at radius 2 is 1.80 bits per heavy atom. The second-order valence-electron chi connectivity index (χ2n) is 7.88. The number of anilines is 1. The summed E-state index contributed by atoms with van der Waals surface area (Å²) >= 11 is 0. The Bertz CT molecular complexity index is 946. The summed E-state index contributed by atoms with van der Waals surface area (Å²) in [5.74, 6) is 2.07. The molecule has 3 aromatic rings. The van der Waals surface area contributed by atoms with E-state index < -0.39 is 0 Å². The monoisotopic (exact) mass is 407 g/mol. The van der Waals surface area contributed by atoms with Gasteiger partial charge in [-0.15, -0.1) is 0 Å². The van der Waals surface area contributed by atoms with E-state index in [0.717, 1.165) is 24.5 Å². The summed E-state index contributed by atoms with van der Waals surface area (Å²) in [6.45, 7) is 5.42. The number of ether oxygens (including phenoxy) is 2. The third-order valence-electron chi connectivity index (χ3n) is 5.46. The van der Waals surface area contributed by atoms with Gasteiger partial charge in [-0.3, -0.25) is 4.90 Å². The smallest absolute Gasteiger partial charge is 0.257 e. The van der Waals surface area contributed by atoms with Crippen molar-refractivity contribution in [1.82, 2.24) is 20.0 Å². The lowest BCUT2D eigenvalue weighted by Crippen LogP contribution is -2.31. The lowest BCUT2D eigenvalue weighted by molar-refractivity contribution is -0.00461. The normalized spacial score (nSPS) is 22.6. The van der Waals surface area contributed by atoms with Gasteiger partial charge < -0.3 is 19.3 Å². The molecule has 0 saturated carbocycles. The maximum absolute atomic E-state index is 6.14. The molecule has 156 valence electrons. The summed E-state index contributed by atoms with van der Waals surface area (Å²) in [6, 6.07) is 14.0. The van der Waals surface area contributed by atoms with Gasteiger partial charge in [0.1, 0.15) is 5.82 Å². The standard InChI is InChI=1S/C22H25N5O3/c1-15-5-7-16(8-6-15)22-25-21(26-30-22)12-27-10-18-19(11-27)29-14-17(13-28-18)24-20-4-2-3-9-23-20/h2-9,17-19H,10-14H2,1H3,(H,23,24)/t18-,19-/m0/s1. The first-order valence-electron chi connectivity index (χ1n) is 10.3. The molecule has 0 spiro atoms. The van der Waals surface area contributed by atoms with Gasteiger partial charge in [0, 0.05) is 24.8 Å². The van der Waals surface area contributed by atoms with Gasteiger partial charge in [0.25, 0.3) is 5.89 Å². The third kappa shape index (κ3) is 4.35. The molecule has 1 aromatic carbocycles. The maximum Gasteiger partial charge on any atom is 0.257 e. The molecule has 0 radical (unpaired) electrons. The summed E-state index contributed by atoms with van der Waals surface area (Å²) in [5.41, 5.74) is 2.13. The van der Waals surface area contributed by atoms with Crippen LogP contribution in [0.15, 0.2) is 53.2 Å². The summed E-state index contributed by atoms with van der Waals surface area (Å²) in [7, 11) is 0. The van der Waals surface area contributed by atoms with E-state index in [1.165, 1.54) is 5.56 Å². The van der Waals surface area contributed by atoms with E-state index in [1.807, 2.05) is 42.5 Å². The summed E-state index contributed by atoms with van der Waals surface area (Å²) in [5, 5.41) is 7.52. The van der Waals surface area contributed by atoms with Crippen molar-refractivity contribution in [3.05, 3.63) is 60.0 Å². The van der Waals surface area contributed by atoms with Crippen LogP contribution in [0.25, 0.3) is 11.5 Å². The Kier molecular flexibility index (Phi) is 5.44. The van der Waals surface area contributed by atoms with Crippen molar-refractivity contribution in [3.63, 3.8) is 0 Å². The molecule has 8 heteroatoms. The average molecular weight is 407 g/mol. The highest BCUT2D eigenvalue weighted by Crippen LogP contribution is 2.23. The summed E-state index contributed by atoms with van der Waals surface area (Å²) < 4.78 is 17.7. The molecule has 0 aliphatic carbocycles. The van der Waals surface area contributed by atoms with Crippen LogP contribution in [-0.4, -0.2) is 64.6 Å². The first-order valence-corrected chi connectivity index (χ1v) is 10.3.